The number of hydrogen-bond acceptors (Lipinski definition) is 2. The third-order valence-electron chi connectivity index (χ3n) is 18.2. The van der Waals surface area contributed by atoms with E-state index in [0.717, 1.165) is 34.1 Å². The fourth-order valence-electron chi connectivity index (χ4n) is 14.0. The predicted molar refractivity (Wildman–Crippen MR) is 326 cm³/mol. The van der Waals surface area contributed by atoms with Crippen LogP contribution in [0.15, 0.2) is 176 Å². The third kappa shape index (κ3) is 6.43. The number of fused-ring (bicyclic) bond motifs is 13. The highest BCUT2D eigenvalue weighted by molar-refractivity contribution is 7.00. The molecule has 76 heavy (non-hydrogen) atoms. The average Bonchev–Trinajstić information content (AvgIpc) is 4.10. The summed E-state index contributed by atoms with van der Waals surface area (Å²) in [5, 5.41) is 2.49. The van der Waals surface area contributed by atoms with Gasteiger partial charge in [-0.1, -0.05) is 205 Å². The van der Waals surface area contributed by atoms with E-state index < -0.39 is 0 Å². The van der Waals surface area contributed by atoms with Crippen molar-refractivity contribution in [2.45, 2.75) is 117 Å². The number of benzene rings is 9. The first-order valence-electron chi connectivity index (χ1n) is 28.1. The number of rotatable bonds is 3. The van der Waals surface area contributed by atoms with Gasteiger partial charge in [0.05, 0.1) is 23.8 Å². The van der Waals surface area contributed by atoms with Gasteiger partial charge in [0.2, 0.25) is 0 Å². The highest BCUT2D eigenvalue weighted by Gasteiger charge is 2.49. The minimum absolute atomic E-state index is 0.00106. The van der Waals surface area contributed by atoms with E-state index in [0.29, 0.717) is 6.04 Å². The molecule has 4 aliphatic rings. The van der Waals surface area contributed by atoms with Crippen LogP contribution in [0.3, 0.4) is 0 Å². The molecule has 0 unspecified atom stereocenters. The van der Waals surface area contributed by atoms with E-state index in [2.05, 4.69) is 274 Å². The summed E-state index contributed by atoms with van der Waals surface area (Å²) in [7, 11) is 0. The normalized spacial score (nSPS) is 15.8. The summed E-state index contributed by atoms with van der Waals surface area (Å²) in [5.41, 5.74) is 27.8. The molecule has 0 N–H and O–H groups in total. The van der Waals surface area contributed by atoms with Crippen molar-refractivity contribution < 1.29 is 1.37 Å². The summed E-state index contributed by atoms with van der Waals surface area (Å²) >= 11 is 0. The molecular weight excluding hydrogens is 918 g/mol. The van der Waals surface area contributed by atoms with Crippen LogP contribution in [-0.4, -0.2) is 11.3 Å². The zero-order chi connectivity index (χ0) is 53.6. The van der Waals surface area contributed by atoms with Crippen molar-refractivity contribution >= 4 is 79.0 Å². The van der Waals surface area contributed by atoms with E-state index in [4.69, 9.17) is 0 Å². The number of anilines is 6. The average molecular weight is 987 g/mol. The van der Waals surface area contributed by atoms with Gasteiger partial charge in [0.25, 0.3) is 6.71 Å². The van der Waals surface area contributed by atoms with Crippen molar-refractivity contribution in [3.63, 3.8) is 0 Å². The van der Waals surface area contributed by atoms with Crippen molar-refractivity contribution in [1.82, 2.24) is 4.57 Å². The first kappa shape index (κ1) is 45.8. The lowest BCUT2D eigenvalue weighted by Gasteiger charge is -2.45. The topological polar surface area (TPSA) is 11.4 Å². The molecule has 0 bridgehead atoms. The van der Waals surface area contributed by atoms with Crippen LogP contribution in [0.2, 0.25) is 0 Å². The Bertz CT molecular complexity index is 4170. The van der Waals surface area contributed by atoms with E-state index in [9.17, 15) is 1.37 Å². The van der Waals surface area contributed by atoms with Crippen LogP contribution in [-0.2, 0) is 27.1 Å². The Hall–Kier alpha value is -7.56. The summed E-state index contributed by atoms with van der Waals surface area (Å²) in [6.45, 7) is 30.3. The zero-order valence-corrected chi connectivity index (χ0v) is 46.6. The van der Waals surface area contributed by atoms with Crippen molar-refractivity contribution in [3.05, 3.63) is 215 Å². The SMILES string of the molecule is [2H]c1cc2c3c(c1)N(c1ccc(C(C)(C)C)cc1)c1c(cc4c(c1-n1c5ccccc5c5cc6c(cc51)C(C)(C)c1ccccc1-6)-c1ccccc1C4(C)C)B3c1cc(C(C)(C)C)ccc1N2c1ccc(C(C)(C)C)cc1. The van der Waals surface area contributed by atoms with Crippen molar-refractivity contribution in [2.75, 3.05) is 9.80 Å². The molecule has 374 valence electrons. The zero-order valence-electron chi connectivity index (χ0n) is 47.6. The Morgan fingerprint density at radius 1 is 0.408 bits per heavy atom. The van der Waals surface area contributed by atoms with Crippen LogP contribution in [0.4, 0.5) is 34.1 Å². The minimum atomic E-state index is -0.321. The van der Waals surface area contributed by atoms with Crippen molar-refractivity contribution in [3.8, 4) is 27.9 Å². The van der Waals surface area contributed by atoms with Gasteiger partial charge in [-0.25, -0.2) is 0 Å². The van der Waals surface area contributed by atoms with Gasteiger partial charge in [-0.15, -0.1) is 0 Å². The van der Waals surface area contributed by atoms with Crippen LogP contribution in [0, 0.1) is 0 Å². The summed E-state index contributed by atoms with van der Waals surface area (Å²) in [5.74, 6) is 0. The van der Waals surface area contributed by atoms with E-state index in [1.54, 1.807) is 0 Å². The van der Waals surface area contributed by atoms with Gasteiger partial charge in [0, 0.05) is 55.6 Å². The van der Waals surface area contributed by atoms with Crippen LogP contribution >= 0.6 is 0 Å². The van der Waals surface area contributed by atoms with E-state index in [-0.39, 0.29) is 33.8 Å². The maximum atomic E-state index is 9.97. The van der Waals surface area contributed by atoms with E-state index in [1.165, 1.54) is 105 Å². The molecule has 0 fully saturated rings. The first-order valence-corrected chi connectivity index (χ1v) is 27.6. The van der Waals surface area contributed by atoms with Crippen LogP contribution < -0.4 is 26.2 Å². The third-order valence-corrected chi connectivity index (χ3v) is 18.2. The number of aromatic nitrogens is 1. The summed E-state index contributed by atoms with van der Waals surface area (Å²) in [4.78, 5) is 5.04. The second-order valence-electron chi connectivity index (χ2n) is 26.6. The van der Waals surface area contributed by atoms with Gasteiger partial charge >= 0.3 is 0 Å². The number of nitrogens with zero attached hydrogens (tertiary/aromatic N) is 3. The maximum Gasteiger partial charge on any atom is 0.252 e. The van der Waals surface area contributed by atoms with Gasteiger partial charge in [-0.3, -0.25) is 0 Å². The van der Waals surface area contributed by atoms with Crippen molar-refractivity contribution in [1.29, 1.82) is 0 Å². The molecule has 0 spiro atoms. The number of para-hydroxylation sites is 1. The highest BCUT2D eigenvalue weighted by atomic mass is 15.2. The van der Waals surface area contributed by atoms with Gasteiger partial charge in [0.15, 0.2) is 0 Å². The summed E-state index contributed by atoms with van der Waals surface area (Å²) in [6.07, 6.45) is 0. The minimum Gasteiger partial charge on any atom is -0.311 e. The largest absolute Gasteiger partial charge is 0.311 e. The van der Waals surface area contributed by atoms with Gasteiger partial charge in [-0.2, -0.15) is 0 Å². The van der Waals surface area contributed by atoms with E-state index in [1.807, 2.05) is 0 Å². The lowest BCUT2D eigenvalue weighted by molar-refractivity contribution is 0.590. The molecular formula is C72H68BN3. The Morgan fingerprint density at radius 3 is 1.59 bits per heavy atom. The lowest BCUT2D eigenvalue weighted by atomic mass is 9.33. The lowest BCUT2D eigenvalue weighted by Crippen LogP contribution is -2.62. The first-order chi connectivity index (χ1) is 36.5. The van der Waals surface area contributed by atoms with Gasteiger partial charge in [0.1, 0.15) is 0 Å². The fraction of sp³-hybridized carbons (Fsp3) is 0.250. The Kier molecular flexibility index (Phi) is 9.36. The molecule has 0 radical (unpaired) electrons. The van der Waals surface area contributed by atoms with Crippen molar-refractivity contribution in [2.24, 2.45) is 0 Å². The standard InChI is InChI=1S/C72H68BN3/c1-68(2,3)43-29-34-46(35-30-43)74-60-38-33-45(70(7,8)9)39-57(60)73-58-41-56-64(50-23-15-18-25-54(50)72(56,12)13)67(66(58)75(62-28-20-27-61(74)65(62)73)47-36-31-44(32-37-47)69(4,5)6)76-59-26-19-16-22-49(59)52-40-51-48-21-14-17-24-53(48)71(10,11)55(51)42-63(52)76/h14-42H,1-13H3/i20D. The molecule has 2 aliphatic carbocycles. The Labute approximate surface area is 452 Å². The van der Waals surface area contributed by atoms with Crippen LogP contribution in [0.5, 0.6) is 0 Å². The monoisotopic (exact) mass is 987 g/mol. The van der Waals surface area contributed by atoms with Crippen LogP contribution in [0.25, 0.3) is 49.7 Å². The molecule has 0 amide bonds. The maximum absolute atomic E-state index is 9.97. The predicted octanol–water partition coefficient (Wildman–Crippen LogP) is 17.4. The molecule has 9 aromatic carbocycles. The summed E-state index contributed by atoms with van der Waals surface area (Å²) in [6, 6.07) is 65.7. The smallest absolute Gasteiger partial charge is 0.252 e. The molecule has 2 aliphatic heterocycles. The Balaban J connectivity index is 1.18. The molecule has 3 nitrogen and oxygen atoms in total. The second-order valence-corrected chi connectivity index (χ2v) is 26.6. The number of hydrogen-bond donors (Lipinski definition) is 0. The van der Waals surface area contributed by atoms with E-state index >= 15 is 0 Å². The highest BCUT2D eigenvalue weighted by Crippen LogP contribution is 2.58. The molecule has 0 atom stereocenters. The fourth-order valence-corrected chi connectivity index (χ4v) is 14.0. The molecule has 14 rings (SSSR count). The molecule has 3 heterocycles. The Morgan fingerprint density at radius 2 is 0.947 bits per heavy atom. The summed E-state index contributed by atoms with van der Waals surface area (Å²) < 4.78 is 12.6. The quantitative estimate of drug-likeness (QED) is 0.163. The molecule has 0 saturated heterocycles. The van der Waals surface area contributed by atoms with Gasteiger partial charge in [-0.05, 0) is 149 Å². The molecule has 4 heteroatoms. The molecule has 0 saturated carbocycles. The van der Waals surface area contributed by atoms with Crippen LogP contribution in [0.1, 0.15) is 130 Å². The second kappa shape index (κ2) is 15.5. The molecule has 10 aromatic rings. The van der Waals surface area contributed by atoms with Gasteiger partial charge < -0.3 is 14.4 Å². The molecule has 1 aromatic heterocycles.